The summed E-state index contributed by atoms with van der Waals surface area (Å²) in [6, 6.07) is 9.25. The monoisotopic (exact) mass is 314 g/mol. The molecule has 0 fully saturated rings. The van der Waals surface area contributed by atoms with Crippen molar-refractivity contribution in [1.82, 2.24) is 0 Å². The second-order valence-corrected chi connectivity index (χ2v) is 6.15. The smallest absolute Gasteiger partial charge is 0.203 e. The first-order chi connectivity index (χ1) is 7.59. The van der Waals surface area contributed by atoms with E-state index in [4.69, 9.17) is 11.6 Å². The average Bonchev–Trinajstić information content (AvgIpc) is 2.59. The summed E-state index contributed by atoms with van der Waals surface area (Å²) in [4.78, 5) is 12.8. The van der Waals surface area contributed by atoms with E-state index in [1.165, 1.54) is 11.3 Å². The van der Waals surface area contributed by atoms with Crippen molar-refractivity contribution in [3.63, 3.8) is 0 Å². The van der Waals surface area contributed by atoms with Crippen LogP contribution in [-0.2, 0) is 0 Å². The fraction of sp³-hybridized carbons (Fsp3) is 0.0833. The zero-order chi connectivity index (χ0) is 11.7. The van der Waals surface area contributed by atoms with Gasteiger partial charge in [0.2, 0.25) is 5.78 Å². The summed E-state index contributed by atoms with van der Waals surface area (Å²) in [6.07, 6.45) is 0. The lowest BCUT2D eigenvalue weighted by Gasteiger charge is -2.01. The van der Waals surface area contributed by atoms with Crippen LogP contribution in [-0.4, -0.2) is 5.78 Å². The van der Waals surface area contributed by atoms with Crippen LogP contribution in [0.3, 0.4) is 0 Å². The lowest BCUT2D eigenvalue weighted by molar-refractivity contribution is 0.104. The maximum atomic E-state index is 12.2. The highest BCUT2D eigenvalue weighted by atomic mass is 79.9. The molecule has 1 aromatic carbocycles. The number of halogens is 2. The summed E-state index contributed by atoms with van der Waals surface area (Å²) < 4.78 is 0.797. The van der Waals surface area contributed by atoms with E-state index in [0.29, 0.717) is 9.90 Å². The molecule has 0 bridgehead atoms. The highest BCUT2D eigenvalue weighted by Crippen LogP contribution is 2.33. The number of hydrogen-bond donors (Lipinski definition) is 0. The highest BCUT2D eigenvalue weighted by molar-refractivity contribution is 9.11. The van der Waals surface area contributed by atoms with Gasteiger partial charge in [-0.05, 0) is 34.5 Å². The molecule has 0 saturated carbocycles. The van der Waals surface area contributed by atoms with Gasteiger partial charge in [-0.25, -0.2) is 0 Å². The number of thiophene rings is 1. The number of aryl methyl sites for hydroxylation is 1. The number of hydrogen-bond acceptors (Lipinski definition) is 2. The summed E-state index contributed by atoms with van der Waals surface area (Å²) in [6.45, 7) is 1.93. The second-order valence-electron chi connectivity index (χ2n) is 3.38. The van der Waals surface area contributed by atoms with Gasteiger partial charge < -0.3 is 0 Å². The van der Waals surface area contributed by atoms with E-state index in [-0.39, 0.29) is 5.78 Å². The Bertz CT molecular complexity index is 528. The molecule has 1 nitrogen and oxygen atoms in total. The summed E-state index contributed by atoms with van der Waals surface area (Å²) >= 11 is 10.6. The molecule has 0 N–H and O–H groups in total. The fourth-order valence-electron chi connectivity index (χ4n) is 1.42. The minimum atomic E-state index is 0.0238. The molecule has 1 aromatic heterocycles. The third-order valence-electron chi connectivity index (χ3n) is 2.26. The molecular formula is C12H8BrClOS. The van der Waals surface area contributed by atoms with E-state index in [0.717, 1.165) is 14.9 Å². The van der Waals surface area contributed by atoms with Crippen molar-refractivity contribution in [2.45, 2.75) is 6.92 Å². The lowest BCUT2D eigenvalue weighted by Crippen LogP contribution is -2.00. The van der Waals surface area contributed by atoms with Crippen molar-refractivity contribution in [2.24, 2.45) is 0 Å². The molecule has 0 aliphatic heterocycles. The van der Waals surface area contributed by atoms with E-state index < -0.39 is 0 Å². The van der Waals surface area contributed by atoms with Crippen LogP contribution in [0.2, 0.25) is 5.02 Å². The summed E-state index contributed by atoms with van der Waals surface area (Å²) in [5.74, 6) is 0.0238. The van der Waals surface area contributed by atoms with Crippen molar-refractivity contribution in [3.8, 4) is 0 Å². The van der Waals surface area contributed by atoms with Crippen molar-refractivity contribution < 1.29 is 4.79 Å². The average molecular weight is 316 g/mol. The molecule has 4 heteroatoms. The standard InChI is InChI=1S/C12H8BrClOS/c1-7-4-2-3-5-8(7)11(15)10-6-9(14)12(13)16-10/h2-6H,1H3. The molecule has 16 heavy (non-hydrogen) atoms. The predicted molar refractivity (Wildman–Crippen MR) is 71.6 cm³/mol. The molecule has 0 aliphatic carbocycles. The highest BCUT2D eigenvalue weighted by Gasteiger charge is 2.15. The van der Waals surface area contributed by atoms with Crippen LogP contribution in [0.4, 0.5) is 0 Å². The Kier molecular flexibility index (Phi) is 3.47. The van der Waals surface area contributed by atoms with Crippen LogP contribution in [0.1, 0.15) is 20.8 Å². The first kappa shape index (κ1) is 11.8. The van der Waals surface area contributed by atoms with Gasteiger partial charge in [0.25, 0.3) is 0 Å². The minimum absolute atomic E-state index is 0.0238. The largest absolute Gasteiger partial charge is 0.288 e. The molecule has 2 aromatic rings. The molecule has 0 spiro atoms. The number of carbonyl (C=O) groups excluding carboxylic acids is 1. The van der Waals surface area contributed by atoms with Crippen molar-refractivity contribution in [2.75, 3.05) is 0 Å². The minimum Gasteiger partial charge on any atom is -0.288 e. The van der Waals surface area contributed by atoms with Gasteiger partial charge in [0.05, 0.1) is 13.7 Å². The third kappa shape index (κ3) is 2.21. The van der Waals surface area contributed by atoms with E-state index >= 15 is 0 Å². The molecule has 82 valence electrons. The summed E-state index contributed by atoms with van der Waals surface area (Å²) in [5.41, 5.74) is 1.71. The van der Waals surface area contributed by atoms with Crippen molar-refractivity contribution in [1.29, 1.82) is 0 Å². The Morgan fingerprint density at radius 3 is 2.62 bits per heavy atom. The summed E-state index contributed by atoms with van der Waals surface area (Å²) in [7, 11) is 0. The Labute approximate surface area is 111 Å². The van der Waals surface area contributed by atoms with Gasteiger partial charge in [-0.1, -0.05) is 35.9 Å². The number of benzene rings is 1. The van der Waals surface area contributed by atoms with Crippen molar-refractivity contribution in [3.05, 3.63) is 55.1 Å². The number of carbonyl (C=O) groups is 1. The molecule has 0 atom stereocenters. The quantitative estimate of drug-likeness (QED) is 0.734. The van der Waals surface area contributed by atoms with E-state index in [9.17, 15) is 4.79 Å². The molecule has 0 unspecified atom stereocenters. The van der Waals surface area contributed by atoms with Crippen LogP contribution in [0.25, 0.3) is 0 Å². The van der Waals surface area contributed by atoms with Crippen LogP contribution in [0, 0.1) is 6.92 Å². The van der Waals surface area contributed by atoms with Gasteiger partial charge in [-0.2, -0.15) is 0 Å². The zero-order valence-corrected chi connectivity index (χ0v) is 11.6. The van der Waals surface area contributed by atoms with E-state index in [1.807, 2.05) is 31.2 Å². The molecule has 1 heterocycles. The normalized spacial score (nSPS) is 10.4. The second kappa shape index (κ2) is 4.70. The van der Waals surface area contributed by atoms with Gasteiger partial charge in [0.1, 0.15) is 0 Å². The maximum absolute atomic E-state index is 12.2. The van der Waals surface area contributed by atoms with Gasteiger partial charge in [0.15, 0.2) is 0 Å². The molecule has 0 saturated heterocycles. The van der Waals surface area contributed by atoms with Gasteiger partial charge in [-0.3, -0.25) is 4.79 Å². The van der Waals surface area contributed by atoms with Crippen LogP contribution >= 0.6 is 38.9 Å². The molecule has 0 radical (unpaired) electrons. The Hall–Kier alpha value is -0.640. The maximum Gasteiger partial charge on any atom is 0.203 e. The van der Waals surface area contributed by atoms with E-state index in [2.05, 4.69) is 15.9 Å². The van der Waals surface area contributed by atoms with Crippen molar-refractivity contribution >= 4 is 44.7 Å². The van der Waals surface area contributed by atoms with Crippen LogP contribution < -0.4 is 0 Å². The fourth-order valence-corrected chi connectivity index (χ4v) is 3.07. The van der Waals surface area contributed by atoms with E-state index in [1.54, 1.807) is 6.07 Å². The number of ketones is 1. The Morgan fingerprint density at radius 2 is 2.06 bits per heavy atom. The lowest BCUT2D eigenvalue weighted by atomic mass is 10.0. The van der Waals surface area contributed by atoms with Gasteiger partial charge >= 0.3 is 0 Å². The molecule has 0 aliphatic rings. The molecule has 0 amide bonds. The topological polar surface area (TPSA) is 17.1 Å². The molecule has 2 rings (SSSR count). The Morgan fingerprint density at radius 1 is 1.38 bits per heavy atom. The van der Waals surface area contributed by atoms with Gasteiger partial charge in [0, 0.05) is 5.56 Å². The van der Waals surface area contributed by atoms with Crippen LogP contribution in [0.15, 0.2) is 34.1 Å². The third-order valence-corrected chi connectivity index (χ3v) is 4.73. The SMILES string of the molecule is Cc1ccccc1C(=O)c1cc(Cl)c(Br)s1. The first-order valence-electron chi connectivity index (χ1n) is 4.65. The number of rotatable bonds is 2. The predicted octanol–water partition coefficient (Wildman–Crippen LogP) is 4.70. The molecular weight excluding hydrogens is 308 g/mol. The zero-order valence-electron chi connectivity index (χ0n) is 8.46. The summed E-state index contributed by atoms with van der Waals surface area (Å²) in [5, 5.41) is 0.585. The Balaban J connectivity index is 2.43. The van der Waals surface area contributed by atoms with Crippen LogP contribution in [0.5, 0.6) is 0 Å². The van der Waals surface area contributed by atoms with Gasteiger partial charge in [-0.15, -0.1) is 11.3 Å². The first-order valence-corrected chi connectivity index (χ1v) is 6.63.